The molecule has 1 aromatic heterocycles. The van der Waals surface area contributed by atoms with E-state index in [2.05, 4.69) is 6.26 Å². The number of hydrogen-bond donors (Lipinski definition) is 0. The van der Waals surface area contributed by atoms with Crippen molar-refractivity contribution in [3.05, 3.63) is 60.1 Å². The molecular formula is C12H9O. The Balaban J connectivity index is 2.15. The zero-order valence-electron chi connectivity index (χ0n) is 7.10. The van der Waals surface area contributed by atoms with Crippen LogP contribution < -0.4 is 0 Å². The molecule has 0 unspecified atom stereocenters. The van der Waals surface area contributed by atoms with Crippen LogP contribution >= 0.6 is 0 Å². The molecule has 2 rings (SSSR count). The zero-order valence-corrected chi connectivity index (χ0v) is 7.10. The lowest BCUT2D eigenvalue weighted by Gasteiger charge is -1.89. The van der Waals surface area contributed by atoms with Crippen LogP contribution in [0.25, 0.3) is 12.2 Å². The molecule has 63 valence electrons. The fraction of sp³-hybridized carbons (Fsp3) is 0. The standard InChI is InChI=1S/C12H9O/c1-2-5-11(6-3-1)8-9-12-7-4-10-13-12/h1-9H. The van der Waals surface area contributed by atoms with Crippen molar-refractivity contribution in [2.45, 2.75) is 0 Å². The maximum atomic E-state index is 5.04. The topological polar surface area (TPSA) is 13.1 Å². The van der Waals surface area contributed by atoms with E-state index in [-0.39, 0.29) is 0 Å². The SMILES string of the molecule is [c]1ccc(C=Cc2ccccc2)o1. The molecule has 0 spiro atoms. The van der Waals surface area contributed by atoms with Gasteiger partial charge in [-0.15, -0.1) is 0 Å². The predicted octanol–water partition coefficient (Wildman–Crippen LogP) is 3.25. The fourth-order valence-corrected chi connectivity index (χ4v) is 1.08. The summed E-state index contributed by atoms with van der Waals surface area (Å²) in [7, 11) is 0. The maximum absolute atomic E-state index is 5.04. The quantitative estimate of drug-likeness (QED) is 0.672. The van der Waals surface area contributed by atoms with Gasteiger partial charge < -0.3 is 4.42 Å². The van der Waals surface area contributed by atoms with E-state index >= 15 is 0 Å². The van der Waals surface area contributed by atoms with Crippen LogP contribution in [-0.4, -0.2) is 0 Å². The maximum Gasteiger partial charge on any atom is 0.170 e. The molecule has 0 bridgehead atoms. The van der Waals surface area contributed by atoms with Crippen LogP contribution in [0.2, 0.25) is 0 Å². The summed E-state index contributed by atoms with van der Waals surface area (Å²) in [6.45, 7) is 0. The molecule has 2 aromatic rings. The Morgan fingerprint density at radius 3 is 2.54 bits per heavy atom. The third-order valence-corrected chi connectivity index (χ3v) is 1.73. The molecule has 1 heterocycles. The third-order valence-electron chi connectivity index (χ3n) is 1.73. The summed E-state index contributed by atoms with van der Waals surface area (Å²) in [5, 5.41) is 0. The van der Waals surface area contributed by atoms with E-state index in [0.29, 0.717) is 0 Å². The van der Waals surface area contributed by atoms with Gasteiger partial charge >= 0.3 is 0 Å². The van der Waals surface area contributed by atoms with Gasteiger partial charge in [0.25, 0.3) is 0 Å². The van der Waals surface area contributed by atoms with Crippen LogP contribution in [0.5, 0.6) is 0 Å². The highest BCUT2D eigenvalue weighted by Crippen LogP contribution is 2.07. The molecule has 0 amide bonds. The average Bonchev–Trinajstić information content (AvgIpc) is 2.69. The first-order valence-corrected chi connectivity index (χ1v) is 4.14. The molecule has 1 nitrogen and oxygen atoms in total. The summed E-state index contributed by atoms with van der Waals surface area (Å²) < 4.78 is 5.04. The zero-order chi connectivity index (χ0) is 8.93. The molecule has 1 aromatic carbocycles. The Bertz CT molecular complexity index is 371. The lowest BCUT2D eigenvalue weighted by molar-refractivity contribution is 0.548. The van der Waals surface area contributed by atoms with E-state index < -0.39 is 0 Å². The van der Waals surface area contributed by atoms with Crippen LogP contribution in [0.1, 0.15) is 11.3 Å². The van der Waals surface area contributed by atoms with Gasteiger partial charge in [0, 0.05) is 0 Å². The van der Waals surface area contributed by atoms with Crippen LogP contribution in [-0.2, 0) is 0 Å². The van der Waals surface area contributed by atoms with Crippen molar-refractivity contribution in [2.24, 2.45) is 0 Å². The monoisotopic (exact) mass is 169 g/mol. The number of rotatable bonds is 2. The molecule has 0 N–H and O–H groups in total. The first kappa shape index (κ1) is 7.87. The molecule has 13 heavy (non-hydrogen) atoms. The molecular weight excluding hydrogens is 160 g/mol. The van der Waals surface area contributed by atoms with E-state index in [0.717, 1.165) is 5.76 Å². The molecule has 0 aliphatic carbocycles. The average molecular weight is 169 g/mol. The van der Waals surface area contributed by atoms with Crippen molar-refractivity contribution in [1.29, 1.82) is 0 Å². The van der Waals surface area contributed by atoms with E-state index in [1.165, 1.54) is 5.56 Å². The van der Waals surface area contributed by atoms with Gasteiger partial charge in [0.2, 0.25) is 0 Å². The minimum Gasteiger partial charge on any atom is -0.453 e. The van der Waals surface area contributed by atoms with Gasteiger partial charge in [-0.1, -0.05) is 36.4 Å². The van der Waals surface area contributed by atoms with Crippen LogP contribution in [0.4, 0.5) is 0 Å². The van der Waals surface area contributed by atoms with Gasteiger partial charge in [-0.05, 0) is 23.8 Å². The van der Waals surface area contributed by atoms with Crippen molar-refractivity contribution < 1.29 is 4.42 Å². The summed E-state index contributed by atoms with van der Waals surface area (Å²) in [5.41, 5.74) is 1.17. The van der Waals surface area contributed by atoms with E-state index in [1.54, 1.807) is 6.07 Å². The van der Waals surface area contributed by atoms with Gasteiger partial charge in [0.1, 0.15) is 5.76 Å². The second kappa shape index (κ2) is 3.76. The first-order valence-electron chi connectivity index (χ1n) is 4.14. The number of furan rings is 1. The van der Waals surface area contributed by atoms with Crippen LogP contribution in [0, 0.1) is 6.26 Å². The summed E-state index contributed by atoms with van der Waals surface area (Å²) in [6.07, 6.45) is 6.57. The molecule has 0 fully saturated rings. The second-order valence-electron chi connectivity index (χ2n) is 2.70. The Hall–Kier alpha value is -1.76. The molecule has 1 heteroatoms. The lowest BCUT2D eigenvalue weighted by Crippen LogP contribution is -1.67. The van der Waals surface area contributed by atoms with Gasteiger partial charge in [-0.3, -0.25) is 0 Å². The van der Waals surface area contributed by atoms with Crippen LogP contribution in [0.15, 0.2) is 46.9 Å². The Kier molecular flexibility index (Phi) is 2.28. The summed E-state index contributed by atoms with van der Waals surface area (Å²) in [4.78, 5) is 0. The number of benzene rings is 1. The summed E-state index contributed by atoms with van der Waals surface area (Å²) in [5.74, 6) is 0.823. The van der Waals surface area contributed by atoms with Crippen molar-refractivity contribution >= 4 is 12.2 Å². The van der Waals surface area contributed by atoms with E-state index in [9.17, 15) is 0 Å². The van der Waals surface area contributed by atoms with Gasteiger partial charge in [0.15, 0.2) is 6.26 Å². The second-order valence-corrected chi connectivity index (χ2v) is 2.70. The first-order chi connectivity index (χ1) is 6.45. The minimum atomic E-state index is 0.823. The molecule has 0 aliphatic heterocycles. The molecule has 1 radical (unpaired) electrons. The highest BCUT2D eigenvalue weighted by atomic mass is 16.3. The van der Waals surface area contributed by atoms with Crippen molar-refractivity contribution in [3.8, 4) is 0 Å². The Morgan fingerprint density at radius 1 is 1.00 bits per heavy atom. The number of hydrogen-bond acceptors (Lipinski definition) is 1. The highest BCUT2D eigenvalue weighted by Gasteiger charge is 1.87. The predicted molar refractivity (Wildman–Crippen MR) is 52.9 cm³/mol. The summed E-state index contributed by atoms with van der Waals surface area (Å²) >= 11 is 0. The Morgan fingerprint density at radius 2 is 1.85 bits per heavy atom. The van der Waals surface area contributed by atoms with Crippen molar-refractivity contribution in [2.75, 3.05) is 0 Å². The van der Waals surface area contributed by atoms with Crippen LogP contribution in [0.3, 0.4) is 0 Å². The van der Waals surface area contributed by atoms with E-state index in [4.69, 9.17) is 4.42 Å². The fourth-order valence-electron chi connectivity index (χ4n) is 1.08. The van der Waals surface area contributed by atoms with E-state index in [1.807, 2.05) is 48.6 Å². The van der Waals surface area contributed by atoms with Crippen molar-refractivity contribution in [1.82, 2.24) is 0 Å². The molecule has 0 saturated carbocycles. The Labute approximate surface area is 77.3 Å². The summed E-state index contributed by atoms with van der Waals surface area (Å²) in [6, 6.07) is 13.7. The molecule has 0 aliphatic rings. The lowest BCUT2D eigenvalue weighted by atomic mass is 10.2. The molecule has 0 saturated heterocycles. The normalized spacial score (nSPS) is 10.8. The van der Waals surface area contributed by atoms with Gasteiger partial charge in [-0.25, -0.2) is 0 Å². The third kappa shape index (κ3) is 2.09. The van der Waals surface area contributed by atoms with Gasteiger partial charge in [0.05, 0.1) is 0 Å². The van der Waals surface area contributed by atoms with Gasteiger partial charge in [-0.2, -0.15) is 0 Å². The molecule has 0 atom stereocenters. The highest BCUT2D eigenvalue weighted by molar-refractivity contribution is 5.66. The smallest absolute Gasteiger partial charge is 0.170 e. The minimum absolute atomic E-state index is 0.823. The largest absolute Gasteiger partial charge is 0.453 e. The van der Waals surface area contributed by atoms with Crippen molar-refractivity contribution in [3.63, 3.8) is 0 Å².